The maximum absolute atomic E-state index is 12.6. The number of nitrogens with zero attached hydrogens (tertiary/aromatic N) is 2. The number of Topliss-reactive ketones (excluding diaryl/α,β-unsaturated/α-hetero) is 1. The van der Waals surface area contributed by atoms with Crippen LogP contribution in [-0.4, -0.2) is 29.3 Å². The topological polar surface area (TPSA) is 49.7 Å². The highest BCUT2D eigenvalue weighted by atomic mass is 16.1. The molecular weight excluding hydrogens is 324 g/mol. The molecule has 0 unspecified atom stereocenters. The Morgan fingerprint density at radius 2 is 1.69 bits per heavy atom. The Labute approximate surface area is 151 Å². The van der Waals surface area contributed by atoms with E-state index in [1.165, 1.54) is 12.2 Å². The first kappa shape index (κ1) is 16.0. The third-order valence-electron chi connectivity index (χ3n) is 4.32. The number of hydrogen-bond acceptors (Lipinski definition) is 4. The number of ketones is 2. The van der Waals surface area contributed by atoms with Crippen LogP contribution in [-0.2, 0) is 4.79 Å². The van der Waals surface area contributed by atoms with Crippen LogP contribution in [0.5, 0.6) is 0 Å². The summed E-state index contributed by atoms with van der Waals surface area (Å²) in [7, 11) is 0. The molecule has 0 saturated heterocycles. The van der Waals surface area contributed by atoms with E-state index in [1.54, 1.807) is 23.4 Å². The van der Waals surface area contributed by atoms with Crippen LogP contribution in [0.4, 0.5) is 0 Å². The van der Waals surface area contributed by atoms with Gasteiger partial charge in [0.2, 0.25) is 0 Å². The highest BCUT2D eigenvalue weighted by molar-refractivity contribution is 6.02. The van der Waals surface area contributed by atoms with Crippen molar-refractivity contribution < 1.29 is 9.59 Å². The molecule has 2 aliphatic rings. The van der Waals surface area contributed by atoms with Crippen molar-refractivity contribution in [2.24, 2.45) is 4.99 Å². The molecule has 0 N–H and O–H groups in total. The summed E-state index contributed by atoms with van der Waals surface area (Å²) < 4.78 is 0. The Bertz CT molecular complexity index is 1020. The second-order valence-electron chi connectivity index (χ2n) is 6.13. The first-order valence-electron chi connectivity index (χ1n) is 8.33. The van der Waals surface area contributed by atoms with E-state index in [-0.39, 0.29) is 18.1 Å². The highest BCUT2D eigenvalue weighted by Crippen LogP contribution is 2.19. The monoisotopic (exact) mass is 340 g/mol. The number of allylic oxidation sites excluding steroid dienone is 6. The minimum atomic E-state index is -0.0271. The molecule has 0 fully saturated rings. The van der Waals surface area contributed by atoms with E-state index in [4.69, 9.17) is 0 Å². The predicted molar refractivity (Wildman–Crippen MR) is 103 cm³/mol. The van der Waals surface area contributed by atoms with Crippen LogP contribution in [0.15, 0.2) is 95.3 Å². The standard InChI is InChI=1S/C22H16N2O2/c25-20-9-7-17(8-10-20)21-11-12-24(15-23-21)14-22(26)19-6-5-16-3-1-2-4-18(16)13-19/h1-13,15H,14H2. The quantitative estimate of drug-likeness (QED) is 0.798. The van der Waals surface area contributed by atoms with Gasteiger partial charge in [-0.05, 0) is 47.2 Å². The number of carbonyl (C=O) groups is 2. The lowest BCUT2D eigenvalue weighted by molar-refractivity contribution is -0.110. The lowest BCUT2D eigenvalue weighted by Gasteiger charge is -2.18. The molecule has 0 atom stereocenters. The molecule has 26 heavy (non-hydrogen) atoms. The van der Waals surface area contributed by atoms with Gasteiger partial charge in [-0.25, -0.2) is 4.99 Å². The van der Waals surface area contributed by atoms with Crippen molar-refractivity contribution in [3.8, 4) is 0 Å². The fourth-order valence-corrected chi connectivity index (χ4v) is 2.89. The zero-order valence-electron chi connectivity index (χ0n) is 14.0. The Morgan fingerprint density at radius 1 is 0.923 bits per heavy atom. The molecule has 1 aliphatic carbocycles. The smallest absolute Gasteiger partial charge is 0.182 e. The van der Waals surface area contributed by atoms with E-state index in [2.05, 4.69) is 4.99 Å². The van der Waals surface area contributed by atoms with E-state index in [0.29, 0.717) is 5.56 Å². The Morgan fingerprint density at radius 3 is 2.42 bits per heavy atom. The normalized spacial score (nSPS) is 16.0. The molecule has 0 radical (unpaired) electrons. The van der Waals surface area contributed by atoms with E-state index >= 15 is 0 Å². The van der Waals surface area contributed by atoms with Gasteiger partial charge in [-0.2, -0.15) is 0 Å². The molecule has 0 bridgehead atoms. The van der Waals surface area contributed by atoms with Gasteiger partial charge in [0.15, 0.2) is 11.6 Å². The SMILES string of the molecule is O=C1C=CC(=C2C=CN(CC(=O)c3ccc4ccccc4c3)C=N2)C=C1. The van der Waals surface area contributed by atoms with E-state index in [0.717, 1.165) is 22.0 Å². The number of benzene rings is 2. The summed E-state index contributed by atoms with van der Waals surface area (Å²) in [4.78, 5) is 29.9. The molecule has 4 heteroatoms. The van der Waals surface area contributed by atoms with Crippen LogP contribution in [0.1, 0.15) is 10.4 Å². The van der Waals surface area contributed by atoms with Crippen molar-refractivity contribution >= 4 is 28.7 Å². The lowest BCUT2D eigenvalue weighted by Crippen LogP contribution is -2.25. The van der Waals surface area contributed by atoms with Crippen molar-refractivity contribution in [3.05, 3.63) is 95.9 Å². The average Bonchev–Trinajstić information content (AvgIpc) is 2.69. The third-order valence-corrected chi connectivity index (χ3v) is 4.32. The molecule has 0 saturated carbocycles. The second kappa shape index (κ2) is 6.76. The molecule has 2 aromatic rings. The Kier molecular flexibility index (Phi) is 4.15. The first-order valence-corrected chi connectivity index (χ1v) is 8.33. The van der Waals surface area contributed by atoms with E-state index in [9.17, 15) is 9.59 Å². The lowest BCUT2D eigenvalue weighted by atomic mass is 10.0. The maximum atomic E-state index is 12.6. The molecule has 1 aliphatic heterocycles. The van der Waals surface area contributed by atoms with Crippen molar-refractivity contribution in [1.29, 1.82) is 0 Å². The summed E-state index contributed by atoms with van der Waals surface area (Å²) in [5.41, 5.74) is 2.32. The van der Waals surface area contributed by atoms with Gasteiger partial charge in [0.1, 0.15) is 0 Å². The van der Waals surface area contributed by atoms with Gasteiger partial charge in [0.05, 0.1) is 18.6 Å². The molecule has 1 heterocycles. The summed E-state index contributed by atoms with van der Waals surface area (Å²) in [6, 6.07) is 13.7. The molecule has 0 amide bonds. The number of carbonyl (C=O) groups excluding carboxylic acids is 2. The van der Waals surface area contributed by atoms with Gasteiger partial charge < -0.3 is 4.90 Å². The zero-order valence-corrected chi connectivity index (χ0v) is 14.0. The highest BCUT2D eigenvalue weighted by Gasteiger charge is 2.12. The van der Waals surface area contributed by atoms with Crippen LogP contribution in [0.2, 0.25) is 0 Å². The average molecular weight is 340 g/mol. The van der Waals surface area contributed by atoms with E-state index < -0.39 is 0 Å². The fraction of sp³-hybridized carbons (Fsp3) is 0.0455. The zero-order chi connectivity index (χ0) is 17.9. The van der Waals surface area contributed by atoms with Gasteiger partial charge >= 0.3 is 0 Å². The van der Waals surface area contributed by atoms with Gasteiger partial charge in [-0.1, -0.05) is 36.4 Å². The molecule has 126 valence electrons. The molecule has 4 nitrogen and oxygen atoms in total. The molecular formula is C22H16N2O2. The van der Waals surface area contributed by atoms with Gasteiger partial charge in [0.25, 0.3) is 0 Å². The summed E-state index contributed by atoms with van der Waals surface area (Å²) in [6.07, 6.45) is 11.8. The number of aliphatic imine (C=N–C) groups is 1. The second-order valence-corrected chi connectivity index (χ2v) is 6.13. The van der Waals surface area contributed by atoms with Crippen molar-refractivity contribution in [2.75, 3.05) is 6.54 Å². The van der Waals surface area contributed by atoms with Crippen molar-refractivity contribution in [3.63, 3.8) is 0 Å². The fourth-order valence-electron chi connectivity index (χ4n) is 2.89. The van der Waals surface area contributed by atoms with Crippen molar-refractivity contribution in [2.45, 2.75) is 0 Å². The van der Waals surface area contributed by atoms with Crippen LogP contribution >= 0.6 is 0 Å². The summed E-state index contributed by atoms with van der Waals surface area (Å²) in [6.45, 7) is 0.227. The van der Waals surface area contributed by atoms with Gasteiger partial charge in [-0.15, -0.1) is 0 Å². The van der Waals surface area contributed by atoms with Crippen LogP contribution in [0.3, 0.4) is 0 Å². The first-order chi connectivity index (χ1) is 12.7. The number of fused-ring (bicyclic) bond motifs is 1. The molecule has 2 aromatic carbocycles. The minimum absolute atomic E-state index is 0.0271. The summed E-state index contributed by atoms with van der Waals surface area (Å²) in [5.74, 6) is 0.00624. The molecule has 0 spiro atoms. The third kappa shape index (κ3) is 3.30. The minimum Gasteiger partial charge on any atom is -0.331 e. The number of rotatable bonds is 3. The molecule has 4 rings (SSSR count). The largest absolute Gasteiger partial charge is 0.331 e. The van der Waals surface area contributed by atoms with Crippen molar-refractivity contribution in [1.82, 2.24) is 4.90 Å². The predicted octanol–water partition coefficient (Wildman–Crippen LogP) is 3.83. The summed E-state index contributed by atoms with van der Waals surface area (Å²) in [5, 5.41) is 2.17. The van der Waals surface area contributed by atoms with Gasteiger partial charge in [-0.3, -0.25) is 9.59 Å². The van der Waals surface area contributed by atoms with Gasteiger partial charge in [0, 0.05) is 17.3 Å². The summed E-state index contributed by atoms with van der Waals surface area (Å²) >= 11 is 0. The van der Waals surface area contributed by atoms with Crippen LogP contribution < -0.4 is 0 Å². The van der Waals surface area contributed by atoms with E-state index in [1.807, 2.05) is 54.7 Å². The Balaban J connectivity index is 1.47. The maximum Gasteiger partial charge on any atom is 0.182 e. The number of hydrogen-bond donors (Lipinski definition) is 0. The Hall–Kier alpha value is -3.53. The molecule has 0 aromatic heterocycles. The van der Waals surface area contributed by atoms with Crippen LogP contribution in [0, 0.1) is 0 Å². The van der Waals surface area contributed by atoms with Crippen LogP contribution in [0.25, 0.3) is 10.8 Å².